The Hall–Kier alpha value is -1.47. The molecule has 0 unspecified atom stereocenters. The highest BCUT2D eigenvalue weighted by Gasteiger charge is 2.07. The van der Waals surface area contributed by atoms with Gasteiger partial charge in [-0.1, -0.05) is 15.9 Å². The Kier molecular flexibility index (Phi) is 3.75. The van der Waals surface area contributed by atoms with E-state index in [1.165, 1.54) is 0 Å². The van der Waals surface area contributed by atoms with E-state index in [1.54, 1.807) is 20.1 Å². The van der Waals surface area contributed by atoms with Gasteiger partial charge in [0.15, 0.2) is 0 Å². The summed E-state index contributed by atoms with van der Waals surface area (Å²) >= 11 is 3.38. The van der Waals surface area contributed by atoms with Crippen LogP contribution in [0.4, 0.5) is 0 Å². The summed E-state index contributed by atoms with van der Waals surface area (Å²) in [4.78, 5) is 0. The number of ether oxygens (including phenoxy) is 1. The molecule has 0 atom stereocenters. The van der Waals surface area contributed by atoms with Gasteiger partial charge in [0.1, 0.15) is 5.75 Å². The molecule has 0 heterocycles. The molecule has 0 radical (unpaired) electrons. The molecule has 3 nitrogen and oxygen atoms in total. The molecule has 78 valence electrons. The number of rotatable bonds is 2. The summed E-state index contributed by atoms with van der Waals surface area (Å²) in [5.74, 6) is 0.710. The summed E-state index contributed by atoms with van der Waals surface area (Å²) in [5, 5.41) is 8.75. The van der Waals surface area contributed by atoms with Crippen LogP contribution in [0, 0.1) is 11.3 Å². The molecule has 0 aromatic heterocycles. The molecule has 0 aliphatic rings. The minimum absolute atomic E-state index is 0.461. The standard InChI is InChI=1S/C11H11BrN2O/c1-7(6-13)11(14)9-5-8(15-2)3-4-10(9)12/h3-5H,14H2,1-2H3/b11-7+. The molecule has 1 aromatic carbocycles. The van der Waals surface area contributed by atoms with Gasteiger partial charge in [0.25, 0.3) is 0 Å². The Labute approximate surface area is 97.3 Å². The molecule has 0 amide bonds. The fourth-order valence-electron chi connectivity index (χ4n) is 1.10. The van der Waals surface area contributed by atoms with E-state index >= 15 is 0 Å². The lowest BCUT2D eigenvalue weighted by Gasteiger charge is -2.08. The van der Waals surface area contributed by atoms with Crippen LogP contribution in [0.15, 0.2) is 28.2 Å². The normalized spacial score (nSPS) is 11.6. The van der Waals surface area contributed by atoms with Crippen molar-refractivity contribution in [3.05, 3.63) is 33.8 Å². The first kappa shape index (κ1) is 11.6. The minimum atomic E-state index is 0.461. The maximum Gasteiger partial charge on any atom is 0.119 e. The van der Waals surface area contributed by atoms with E-state index < -0.39 is 0 Å². The first-order valence-corrected chi connectivity index (χ1v) is 5.09. The van der Waals surface area contributed by atoms with Gasteiger partial charge in [0.05, 0.1) is 18.9 Å². The van der Waals surface area contributed by atoms with Crippen molar-refractivity contribution in [2.45, 2.75) is 6.92 Å². The highest BCUT2D eigenvalue weighted by Crippen LogP contribution is 2.27. The van der Waals surface area contributed by atoms with Crippen LogP contribution in [-0.2, 0) is 0 Å². The smallest absolute Gasteiger partial charge is 0.119 e. The van der Waals surface area contributed by atoms with Crippen LogP contribution < -0.4 is 10.5 Å². The molecule has 0 aliphatic heterocycles. The molecule has 0 saturated carbocycles. The lowest BCUT2D eigenvalue weighted by atomic mass is 10.1. The largest absolute Gasteiger partial charge is 0.497 e. The molecular formula is C11H11BrN2O. The highest BCUT2D eigenvalue weighted by molar-refractivity contribution is 9.10. The molecule has 1 aromatic rings. The number of halogens is 1. The quantitative estimate of drug-likeness (QED) is 0.838. The molecule has 0 fully saturated rings. The summed E-state index contributed by atoms with van der Waals surface area (Å²) < 4.78 is 5.93. The second-order valence-electron chi connectivity index (χ2n) is 3.00. The SMILES string of the molecule is COc1ccc(Br)c(/C(N)=C(/C)C#N)c1. The van der Waals surface area contributed by atoms with Crippen molar-refractivity contribution in [3.63, 3.8) is 0 Å². The molecule has 2 N–H and O–H groups in total. The van der Waals surface area contributed by atoms with E-state index in [1.807, 2.05) is 18.2 Å². The van der Waals surface area contributed by atoms with Gasteiger partial charge in [-0.05, 0) is 25.1 Å². The minimum Gasteiger partial charge on any atom is -0.497 e. The van der Waals surface area contributed by atoms with E-state index in [0.29, 0.717) is 17.0 Å². The van der Waals surface area contributed by atoms with Crippen molar-refractivity contribution in [2.75, 3.05) is 7.11 Å². The maximum absolute atomic E-state index is 8.75. The van der Waals surface area contributed by atoms with Crippen LogP contribution in [0.5, 0.6) is 5.75 Å². The second-order valence-corrected chi connectivity index (χ2v) is 3.85. The average molecular weight is 267 g/mol. The van der Waals surface area contributed by atoms with Crippen molar-refractivity contribution in [1.82, 2.24) is 0 Å². The van der Waals surface area contributed by atoms with Gasteiger partial charge >= 0.3 is 0 Å². The molecule has 4 heteroatoms. The third kappa shape index (κ3) is 2.51. The van der Waals surface area contributed by atoms with Gasteiger partial charge in [-0.15, -0.1) is 0 Å². The molecule has 0 aliphatic carbocycles. The summed E-state index contributed by atoms with van der Waals surface area (Å²) in [6, 6.07) is 7.47. The van der Waals surface area contributed by atoms with Crippen molar-refractivity contribution >= 4 is 21.6 Å². The Morgan fingerprint density at radius 3 is 2.73 bits per heavy atom. The molecule has 15 heavy (non-hydrogen) atoms. The zero-order valence-corrected chi connectivity index (χ0v) is 10.1. The van der Waals surface area contributed by atoms with Gasteiger partial charge < -0.3 is 10.5 Å². The number of hydrogen-bond acceptors (Lipinski definition) is 3. The Morgan fingerprint density at radius 2 is 2.20 bits per heavy atom. The predicted octanol–water partition coefficient (Wildman–Crippen LogP) is 2.67. The zero-order valence-electron chi connectivity index (χ0n) is 8.54. The highest BCUT2D eigenvalue weighted by atomic mass is 79.9. The van der Waals surface area contributed by atoms with Crippen LogP contribution in [-0.4, -0.2) is 7.11 Å². The number of benzene rings is 1. The number of hydrogen-bond donors (Lipinski definition) is 1. The second kappa shape index (κ2) is 4.85. The number of nitrogens with zero attached hydrogens (tertiary/aromatic N) is 1. The van der Waals surface area contributed by atoms with E-state index in [4.69, 9.17) is 15.7 Å². The lowest BCUT2D eigenvalue weighted by Crippen LogP contribution is -2.00. The summed E-state index contributed by atoms with van der Waals surface area (Å²) in [5.41, 5.74) is 7.57. The monoisotopic (exact) mass is 266 g/mol. The first-order valence-electron chi connectivity index (χ1n) is 4.30. The van der Waals surface area contributed by atoms with E-state index in [-0.39, 0.29) is 0 Å². The van der Waals surface area contributed by atoms with Gasteiger partial charge in [-0.2, -0.15) is 5.26 Å². The van der Waals surface area contributed by atoms with Crippen LogP contribution in [0.1, 0.15) is 12.5 Å². The number of allylic oxidation sites excluding steroid dienone is 1. The fraction of sp³-hybridized carbons (Fsp3) is 0.182. The topological polar surface area (TPSA) is 59.0 Å². The van der Waals surface area contributed by atoms with Crippen molar-refractivity contribution in [2.24, 2.45) is 5.73 Å². The van der Waals surface area contributed by atoms with Crippen LogP contribution >= 0.6 is 15.9 Å². The summed E-state index contributed by atoms with van der Waals surface area (Å²) in [7, 11) is 1.59. The number of nitrogens with two attached hydrogens (primary N) is 1. The number of methoxy groups -OCH3 is 1. The summed E-state index contributed by atoms with van der Waals surface area (Å²) in [6.45, 7) is 1.68. The first-order chi connectivity index (χ1) is 7.10. The number of nitriles is 1. The lowest BCUT2D eigenvalue weighted by molar-refractivity contribution is 0.414. The molecular weight excluding hydrogens is 256 g/mol. The van der Waals surface area contributed by atoms with Gasteiger partial charge in [0.2, 0.25) is 0 Å². The van der Waals surface area contributed by atoms with E-state index in [9.17, 15) is 0 Å². The van der Waals surface area contributed by atoms with Crippen LogP contribution in [0.2, 0.25) is 0 Å². The summed E-state index contributed by atoms with van der Waals surface area (Å²) in [6.07, 6.45) is 0. The van der Waals surface area contributed by atoms with Crippen LogP contribution in [0.3, 0.4) is 0 Å². The third-order valence-electron chi connectivity index (χ3n) is 2.04. The van der Waals surface area contributed by atoms with Gasteiger partial charge in [0, 0.05) is 15.6 Å². The predicted molar refractivity (Wildman–Crippen MR) is 63.1 cm³/mol. The van der Waals surface area contributed by atoms with Gasteiger partial charge in [-0.25, -0.2) is 0 Å². The van der Waals surface area contributed by atoms with Crippen LogP contribution in [0.25, 0.3) is 5.70 Å². The van der Waals surface area contributed by atoms with Crippen molar-refractivity contribution in [1.29, 1.82) is 5.26 Å². The zero-order chi connectivity index (χ0) is 11.4. The third-order valence-corrected chi connectivity index (χ3v) is 2.73. The molecule has 1 rings (SSSR count). The fourth-order valence-corrected chi connectivity index (χ4v) is 1.56. The Bertz CT molecular complexity index is 446. The molecule has 0 bridgehead atoms. The van der Waals surface area contributed by atoms with Gasteiger partial charge in [-0.3, -0.25) is 0 Å². The molecule has 0 spiro atoms. The van der Waals surface area contributed by atoms with Crippen molar-refractivity contribution < 1.29 is 4.74 Å². The molecule has 0 saturated heterocycles. The Balaban J connectivity index is 3.32. The Morgan fingerprint density at radius 1 is 1.53 bits per heavy atom. The van der Waals surface area contributed by atoms with E-state index in [0.717, 1.165) is 10.0 Å². The van der Waals surface area contributed by atoms with E-state index in [2.05, 4.69) is 15.9 Å². The maximum atomic E-state index is 8.75. The van der Waals surface area contributed by atoms with Crippen molar-refractivity contribution in [3.8, 4) is 11.8 Å². The average Bonchev–Trinajstić information content (AvgIpc) is 2.27.